The predicted octanol–water partition coefficient (Wildman–Crippen LogP) is 5.02. The standard InChI is InChI=1S/C22H15BrFN3O4/c23-14-3-1-13(17(24)8-14)10-29-15-4-5-18-16(9-15)21(27-26-18)25-22(28)12-2-6-19-20(7-12)31-11-30-19/h1-9H,10-11H2,(H2,25,26,27,28). The van der Waals surface area contributed by atoms with Gasteiger partial charge in [0.2, 0.25) is 6.79 Å². The van der Waals surface area contributed by atoms with Gasteiger partial charge in [0, 0.05) is 21.0 Å². The monoisotopic (exact) mass is 483 g/mol. The molecule has 31 heavy (non-hydrogen) atoms. The molecule has 3 aromatic carbocycles. The van der Waals surface area contributed by atoms with Gasteiger partial charge in [-0.05, 0) is 48.5 Å². The molecule has 0 aliphatic carbocycles. The van der Waals surface area contributed by atoms with Crippen LogP contribution in [-0.4, -0.2) is 22.9 Å². The van der Waals surface area contributed by atoms with E-state index in [9.17, 15) is 9.18 Å². The number of anilines is 1. The van der Waals surface area contributed by atoms with E-state index >= 15 is 0 Å². The Labute approximate surface area is 184 Å². The van der Waals surface area contributed by atoms with Gasteiger partial charge in [-0.3, -0.25) is 9.89 Å². The Morgan fingerprint density at radius 2 is 2.00 bits per heavy atom. The molecule has 2 heterocycles. The van der Waals surface area contributed by atoms with E-state index in [4.69, 9.17) is 14.2 Å². The summed E-state index contributed by atoms with van der Waals surface area (Å²) < 4.78 is 31.0. The van der Waals surface area contributed by atoms with Gasteiger partial charge in [-0.15, -0.1) is 0 Å². The molecule has 5 rings (SSSR count). The fourth-order valence-corrected chi connectivity index (χ4v) is 3.53. The number of fused-ring (bicyclic) bond motifs is 2. The highest BCUT2D eigenvalue weighted by Gasteiger charge is 2.18. The average molecular weight is 484 g/mol. The molecule has 9 heteroatoms. The molecular weight excluding hydrogens is 469 g/mol. The van der Waals surface area contributed by atoms with Crippen LogP contribution >= 0.6 is 15.9 Å². The molecule has 0 bridgehead atoms. The minimum atomic E-state index is -0.351. The van der Waals surface area contributed by atoms with Crippen LogP contribution in [0.1, 0.15) is 15.9 Å². The Morgan fingerprint density at radius 3 is 2.87 bits per heavy atom. The number of aromatic amines is 1. The molecule has 0 saturated carbocycles. The van der Waals surface area contributed by atoms with Gasteiger partial charge in [-0.2, -0.15) is 5.10 Å². The molecule has 0 unspecified atom stereocenters. The van der Waals surface area contributed by atoms with Crippen LogP contribution in [0.4, 0.5) is 10.2 Å². The van der Waals surface area contributed by atoms with Crippen LogP contribution in [-0.2, 0) is 6.61 Å². The quantitative estimate of drug-likeness (QED) is 0.416. The number of benzene rings is 3. The zero-order valence-corrected chi connectivity index (χ0v) is 17.5. The van der Waals surface area contributed by atoms with Gasteiger partial charge in [0.25, 0.3) is 5.91 Å². The van der Waals surface area contributed by atoms with Crippen molar-refractivity contribution in [2.45, 2.75) is 6.61 Å². The maximum absolute atomic E-state index is 14.0. The number of nitrogens with one attached hydrogen (secondary N) is 2. The lowest BCUT2D eigenvalue weighted by molar-refractivity contribution is 0.102. The number of halogens is 2. The highest BCUT2D eigenvalue weighted by molar-refractivity contribution is 9.10. The van der Waals surface area contributed by atoms with Gasteiger partial charge in [0.05, 0.1) is 5.52 Å². The Hall–Kier alpha value is -3.59. The van der Waals surface area contributed by atoms with Crippen molar-refractivity contribution in [2.75, 3.05) is 12.1 Å². The van der Waals surface area contributed by atoms with Crippen molar-refractivity contribution in [2.24, 2.45) is 0 Å². The molecule has 7 nitrogen and oxygen atoms in total. The first-order chi connectivity index (χ1) is 15.1. The van der Waals surface area contributed by atoms with E-state index in [-0.39, 0.29) is 25.1 Å². The largest absolute Gasteiger partial charge is 0.489 e. The summed E-state index contributed by atoms with van der Waals surface area (Å²) in [6.45, 7) is 0.207. The first-order valence-electron chi connectivity index (χ1n) is 9.33. The number of H-pyrrole nitrogens is 1. The van der Waals surface area contributed by atoms with Crippen LogP contribution in [0.25, 0.3) is 10.9 Å². The van der Waals surface area contributed by atoms with Crippen LogP contribution in [0.2, 0.25) is 0 Å². The number of ether oxygens (including phenoxy) is 3. The van der Waals surface area contributed by atoms with Crippen LogP contribution < -0.4 is 19.5 Å². The molecule has 1 aliphatic rings. The zero-order valence-electron chi connectivity index (χ0n) is 15.9. The lowest BCUT2D eigenvalue weighted by Crippen LogP contribution is -2.12. The first-order valence-corrected chi connectivity index (χ1v) is 10.1. The van der Waals surface area contributed by atoms with E-state index in [0.717, 1.165) is 5.52 Å². The minimum Gasteiger partial charge on any atom is -0.489 e. The highest BCUT2D eigenvalue weighted by Crippen LogP contribution is 2.33. The molecule has 0 saturated heterocycles. The molecule has 1 aliphatic heterocycles. The Kier molecular flexibility index (Phi) is 4.95. The summed E-state index contributed by atoms with van der Waals surface area (Å²) in [5.74, 6) is 1.32. The number of rotatable bonds is 5. The molecule has 2 N–H and O–H groups in total. The number of hydrogen-bond acceptors (Lipinski definition) is 5. The van der Waals surface area contributed by atoms with Crippen molar-refractivity contribution in [1.82, 2.24) is 10.2 Å². The second kappa shape index (κ2) is 7.92. The summed E-state index contributed by atoms with van der Waals surface area (Å²) in [6.07, 6.45) is 0. The lowest BCUT2D eigenvalue weighted by Gasteiger charge is -2.08. The molecule has 0 fully saturated rings. The van der Waals surface area contributed by atoms with Crippen LogP contribution in [0.15, 0.2) is 59.1 Å². The summed E-state index contributed by atoms with van der Waals surface area (Å²) >= 11 is 3.24. The molecule has 1 aromatic heterocycles. The fourth-order valence-electron chi connectivity index (χ4n) is 3.20. The number of carbonyl (C=O) groups excluding carboxylic acids is 1. The number of hydrogen-bond donors (Lipinski definition) is 2. The van der Waals surface area contributed by atoms with Gasteiger partial charge >= 0.3 is 0 Å². The van der Waals surface area contributed by atoms with E-state index in [1.807, 2.05) is 0 Å². The number of nitrogens with zero attached hydrogens (tertiary/aromatic N) is 1. The van der Waals surface area contributed by atoms with E-state index < -0.39 is 0 Å². The summed E-state index contributed by atoms with van der Waals surface area (Å²) in [5, 5.41) is 10.5. The van der Waals surface area contributed by atoms with Gasteiger partial charge in [-0.25, -0.2) is 4.39 Å². The SMILES string of the molecule is O=C(Nc1n[nH]c2ccc(OCc3ccc(Br)cc3F)cc12)c1ccc2c(c1)OCO2. The Balaban J connectivity index is 1.34. The molecule has 0 radical (unpaired) electrons. The zero-order chi connectivity index (χ0) is 21.4. The topological polar surface area (TPSA) is 85.5 Å². The normalized spacial score (nSPS) is 12.2. The van der Waals surface area contributed by atoms with E-state index in [2.05, 4.69) is 31.4 Å². The van der Waals surface area contributed by atoms with E-state index in [0.29, 0.717) is 44.1 Å². The Bertz CT molecular complexity index is 1310. The maximum atomic E-state index is 14.0. The highest BCUT2D eigenvalue weighted by atomic mass is 79.9. The number of amides is 1. The van der Waals surface area contributed by atoms with Crippen LogP contribution in [0, 0.1) is 5.82 Å². The van der Waals surface area contributed by atoms with Crippen molar-refractivity contribution < 1.29 is 23.4 Å². The van der Waals surface area contributed by atoms with Gasteiger partial charge in [-0.1, -0.05) is 22.0 Å². The summed E-state index contributed by atoms with van der Waals surface area (Å²) in [5.41, 5.74) is 1.58. The smallest absolute Gasteiger partial charge is 0.257 e. The Morgan fingerprint density at radius 1 is 1.13 bits per heavy atom. The molecule has 156 valence electrons. The van der Waals surface area contributed by atoms with Gasteiger partial charge < -0.3 is 19.5 Å². The molecule has 0 spiro atoms. The molecular formula is C22H15BrFN3O4. The van der Waals surface area contributed by atoms with Crippen molar-refractivity contribution in [3.8, 4) is 17.2 Å². The van der Waals surface area contributed by atoms with Gasteiger partial charge in [0.1, 0.15) is 18.2 Å². The third-order valence-corrected chi connectivity index (χ3v) is 5.30. The predicted molar refractivity (Wildman–Crippen MR) is 115 cm³/mol. The summed E-state index contributed by atoms with van der Waals surface area (Å²) in [4.78, 5) is 12.7. The molecule has 1 amide bonds. The number of carbonyl (C=O) groups is 1. The third kappa shape index (κ3) is 3.91. The van der Waals surface area contributed by atoms with Crippen molar-refractivity contribution in [3.05, 3.63) is 76.0 Å². The second-order valence-electron chi connectivity index (χ2n) is 6.83. The molecule has 0 atom stereocenters. The summed E-state index contributed by atoms with van der Waals surface area (Å²) in [7, 11) is 0. The number of aromatic nitrogens is 2. The van der Waals surface area contributed by atoms with E-state index in [1.165, 1.54) is 6.07 Å². The first kappa shape index (κ1) is 19.4. The van der Waals surface area contributed by atoms with Crippen molar-refractivity contribution in [3.63, 3.8) is 0 Å². The third-order valence-electron chi connectivity index (χ3n) is 4.81. The average Bonchev–Trinajstić information content (AvgIpc) is 3.39. The van der Waals surface area contributed by atoms with E-state index in [1.54, 1.807) is 48.5 Å². The second-order valence-corrected chi connectivity index (χ2v) is 7.74. The van der Waals surface area contributed by atoms with Crippen LogP contribution in [0.3, 0.4) is 0 Å². The maximum Gasteiger partial charge on any atom is 0.257 e. The fraction of sp³-hybridized carbons (Fsp3) is 0.0909. The summed E-state index contributed by atoms with van der Waals surface area (Å²) in [6, 6.07) is 15.0. The van der Waals surface area contributed by atoms with Crippen molar-refractivity contribution >= 4 is 38.6 Å². The molecule has 4 aromatic rings. The van der Waals surface area contributed by atoms with Crippen LogP contribution in [0.5, 0.6) is 17.2 Å². The van der Waals surface area contributed by atoms with Crippen molar-refractivity contribution in [1.29, 1.82) is 0 Å². The van der Waals surface area contributed by atoms with Gasteiger partial charge in [0.15, 0.2) is 17.3 Å². The minimum absolute atomic E-state index is 0.0708. The lowest BCUT2D eigenvalue weighted by atomic mass is 10.2.